The summed E-state index contributed by atoms with van der Waals surface area (Å²) in [5.74, 6) is 0.965. The SMILES string of the molecule is CCNC(=NCC1CN2CCN1CC2)N(C)Cc1cc(Cl)cn1C.I. The Morgan fingerprint density at radius 1 is 1.36 bits per heavy atom. The Hall–Kier alpha value is -0.510. The molecule has 3 aliphatic heterocycles. The largest absolute Gasteiger partial charge is 0.357 e. The van der Waals surface area contributed by atoms with Gasteiger partial charge in [0.25, 0.3) is 0 Å². The fourth-order valence-corrected chi connectivity index (χ4v) is 3.87. The zero-order chi connectivity index (χ0) is 17.1. The highest BCUT2D eigenvalue weighted by Crippen LogP contribution is 2.16. The van der Waals surface area contributed by atoms with E-state index in [4.69, 9.17) is 16.6 Å². The number of hydrogen-bond acceptors (Lipinski definition) is 3. The van der Waals surface area contributed by atoms with Crippen LogP contribution in [0, 0.1) is 0 Å². The van der Waals surface area contributed by atoms with Gasteiger partial charge in [-0.05, 0) is 13.0 Å². The van der Waals surface area contributed by atoms with Crippen LogP contribution in [0.15, 0.2) is 17.3 Å². The van der Waals surface area contributed by atoms with Crippen LogP contribution in [0.25, 0.3) is 0 Å². The number of nitrogens with zero attached hydrogens (tertiary/aromatic N) is 5. The van der Waals surface area contributed by atoms with E-state index >= 15 is 0 Å². The summed E-state index contributed by atoms with van der Waals surface area (Å²) in [5, 5.41) is 4.19. The van der Waals surface area contributed by atoms with Gasteiger partial charge >= 0.3 is 0 Å². The highest BCUT2D eigenvalue weighted by molar-refractivity contribution is 14.0. The lowest BCUT2D eigenvalue weighted by molar-refractivity contribution is 0.0173. The average molecular weight is 481 g/mol. The van der Waals surface area contributed by atoms with Crippen molar-refractivity contribution in [1.29, 1.82) is 0 Å². The zero-order valence-electron chi connectivity index (χ0n) is 15.4. The fourth-order valence-electron chi connectivity index (χ4n) is 3.60. The molecule has 142 valence electrons. The first-order chi connectivity index (χ1) is 11.6. The van der Waals surface area contributed by atoms with Gasteiger partial charge in [0, 0.05) is 71.3 Å². The lowest BCUT2D eigenvalue weighted by atomic mass is 10.1. The van der Waals surface area contributed by atoms with E-state index in [0.29, 0.717) is 6.04 Å². The van der Waals surface area contributed by atoms with Crippen LogP contribution in [0.2, 0.25) is 5.02 Å². The lowest BCUT2D eigenvalue weighted by Gasteiger charge is -2.47. The van der Waals surface area contributed by atoms with Gasteiger partial charge in [0.1, 0.15) is 0 Å². The average Bonchev–Trinajstić information content (AvgIpc) is 2.89. The van der Waals surface area contributed by atoms with Gasteiger partial charge in [-0.15, -0.1) is 24.0 Å². The molecule has 0 spiro atoms. The first-order valence-corrected chi connectivity index (χ1v) is 9.21. The molecule has 3 aliphatic rings. The highest BCUT2D eigenvalue weighted by Gasteiger charge is 2.31. The third-order valence-corrected chi connectivity index (χ3v) is 5.22. The smallest absolute Gasteiger partial charge is 0.194 e. The summed E-state index contributed by atoms with van der Waals surface area (Å²) >= 11 is 6.09. The van der Waals surface area contributed by atoms with Crippen LogP contribution in [0.3, 0.4) is 0 Å². The normalized spacial score (nSPS) is 25.6. The van der Waals surface area contributed by atoms with Crippen LogP contribution in [0.5, 0.6) is 0 Å². The summed E-state index contributed by atoms with van der Waals surface area (Å²) in [5.41, 5.74) is 1.18. The summed E-state index contributed by atoms with van der Waals surface area (Å²) in [4.78, 5) is 12.2. The predicted octanol–water partition coefficient (Wildman–Crippen LogP) is 1.69. The van der Waals surface area contributed by atoms with Crippen molar-refractivity contribution in [3.05, 3.63) is 23.0 Å². The van der Waals surface area contributed by atoms with Gasteiger partial charge in [0.15, 0.2) is 5.96 Å². The Balaban J connectivity index is 0.00000225. The van der Waals surface area contributed by atoms with Crippen molar-refractivity contribution in [2.24, 2.45) is 12.0 Å². The van der Waals surface area contributed by atoms with E-state index in [2.05, 4.69) is 38.6 Å². The Morgan fingerprint density at radius 3 is 2.60 bits per heavy atom. The molecule has 1 atom stereocenters. The molecule has 4 rings (SSSR count). The van der Waals surface area contributed by atoms with Crippen LogP contribution >= 0.6 is 35.6 Å². The van der Waals surface area contributed by atoms with Gasteiger partial charge in [-0.25, -0.2) is 0 Å². The van der Waals surface area contributed by atoms with Gasteiger partial charge < -0.3 is 14.8 Å². The van der Waals surface area contributed by atoms with E-state index in [1.807, 2.05) is 19.3 Å². The molecule has 1 unspecified atom stereocenters. The number of aromatic nitrogens is 1. The molecule has 0 aromatic carbocycles. The predicted molar refractivity (Wildman–Crippen MR) is 115 cm³/mol. The van der Waals surface area contributed by atoms with E-state index in [1.54, 1.807) is 0 Å². The summed E-state index contributed by atoms with van der Waals surface area (Å²) in [6, 6.07) is 2.57. The van der Waals surface area contributed by atoms with Crippen LogP contribution < -0.4 is 5.32 Å². The van der Waals surface area contributed by atoms with E-state index in [9.17, 15) is 0 Å². The van der Waals surface area contributed by atoms with Crippen molar-refractivity contribution in [2.45, 2.75) is 19.5 Å². The van der Waals surface area contributed by atoms with E-state index in [0.717, 1.165) is 37.2 Å². The fraction of sp³-hybridized carbons (Fsp3) is 0.706. The number of aliphatic imine (C=N–C) groups is 1. The second kappa shape index (κ2) is 9.43. The number of hydrogen-bond donors (Lipinski definition) is 1. The molecular weight excluding hydrogens is 451 g/mol. The quantitative estimate of drug-likeness (QED) is 0.396. The highest BCUT2D eigenvalue weighted by atomic mass is 127. The first kappa shape index (κ1) is 20.8. The van der Waals surface area contributed by atoms with Crippen LogP contribution in [0.1, 0.15) is 12.6 Å². The molecule has 1 N–H and O–H groups in total. The molecule has 8 heteroatoms. The molecule has 3 fully saturated rings. The van der Waals surface area contributed by atoms with Gasteiger partial charge in [-0.1, -0.05) is 11.6 Å². The zero-order valence-corrected chi connectivity index (χ0v) is 18.5. The Labute approximate surface area is 173 Å². The number of halogens is 2. The first-order valence-electron chi connectivity index (χ1n) is 8.83. The van der Waals surface area contributed by atoms with E-state index < -0.39 is 0 Å². The molecule has 2 bridgehead atoms. The molecule has 0 radical (unpaired) electrons. The van der Waals surface area contributed by atoms with Crippen LogP contribution in [-0.4, -0.2) is 84.1 Å². The van der Waals surface area contributed by atoms with Gasteiger partial charge in [-0.3, -0.25) is 14.8 Å². The number of fused-ring (bicyclic) bond motifs is 3. The molecular formula is C17H30ClIN6. The maximum absolute atomic E-state index is 6.09. The monoisotopic (exact) mass is 480 g/mol. The summed E-state index contributed by atoms with van der Waals surface area (Å²) in [6.45, 7) is 10.6. The standard InChI is InChI=1S/C17H29ClN6.HI/c1-4-19-17(22(3)12-15-9-14(18)11-21(15)2)20-10-16-13-23-5-7-24(16)8-6-23;/h9,11,16H,4-8,10,12-13H2,1-3H3,(H,19,20);1H. The molecule has 1 aromatic heterocycles. The third-order valence-electron chi connectivity index (χ3n) is 5.01. The summed E-state index contributed by atoms with van der Waals surface area (Å²) in [6.07, 6.45) is 1.94. The molecule has 25 heavy (non-hydrogen) atoms. The number of guanidine groups is 1. The van der Waals surface area contributed by atoms with Crippen molar-refractivity contribution in [1.82, 2.24) is 24.6 Å². The minimum absolute atomic E-state index is 0. The molecule has 6 nitrogen and oxygen atoms in total. The number of piperazine rings is 3. The Bertz CT molecular complexity index is 582. The van der Waals surface area contributed by atoms with Gasteiger partial charge in [0.05, 0.1) is 18.1 Å². The van der Waals surface area contributed by atoms with E-state index in [-0.39, 0.29) is 24.0 Å². The molecule has 4 heterocycles. The molecule has 1 aromatic rings. The minimum atomic E-state index is 0. The van der Waals surface area contributed by atoms with Crippen molar-refractivity contribution in [3.8, 4) is 0 Å². The van der Waals surface area contributed by atoms with Gasteiger partial charge in [0.2, 0.25) is 0 Å². The van der Waals surface area contributed by atoms with Crippen LogP contribution in [-0.2, 0) is 13.6 Å². The second-order valence-electron chi connectivity index (χ2n) is 6.80. The van der Waals surface area contributed by atoms with Crippen molar-refractivity contribution in [3.63, 3.8) is 0 Å². The minimum Gasteiger partial charge on any atom is -0.357 e. The second-order valence-corrected chi connectivity index (χ2v) is 7.24. The third kappa shape index (κ3) is 5.24. The number of nitrogens with one attached hydrogen (secondary N) is 1. The van der Waals surface area contributed by atoms with Crippen molar-refractivity contribution in [2.75, 3.05) is 52.9 Å². The van der Waals surface area contributed by atoms with Crippen LogP contribution in [0.4, 0.5) is 0 Å². The topological polar surface area (TPSA) is 39.0 Å². The van der Waals surface area contributed by atoms with Crippen molar-refractivity contribution >= 4 is 41.5 Å². The molecule has 0 aliphatic carbocycles. The Morgan fingerprint density at radius 2 is 2.08 bits per heavy atom. The lowest BCUT2D eigenvalue weighted by Crippen LogP contribution is -2.62. The van der Waals surface area contributed by atoms with Gasteiger partial charge in [-0.2, -0.15) is 0 Å². The maximum atomic E-state index is 6.09. The molecule has 0 saturated carbocycles. The summed E-state index contributed by atoms with van der Waals surface area (Å²) < 4.78 is 2.07. The summed E-state index contributed by atoms with van der Waals surface area (Å²) in [7, 11) is 4.11. The van der Waals surface area contributed by atoms with Crippen molar-refractivity contribution < 1.29 is 0 Å². The molecule has 0 amide bonds. The number of rotatable bonds is 5. The van der Waals surface area contributed by atoms with E-state index in [1.165, 1.54) is 31.9 Å². The maximum Gasteiger partial charge on any atom is 0.194 e. The number of aryl methyl sites for hydroxylation is 1. The molecule has 3 saturated heterocycles. The Kier molecular flexibility index (Phi) is 7.85.